The second kappa shape index (κ2) is 9.74. The minimum atomic E-state index is 0.769. The van der Waals surface area contributed by atoms with E-state index < -0.39 is 0 Å². The number of rotatable bonds is 9. The van der Waals surface area contributed by atoms with Gasteiger partial charge in [-0.15, -0.1) is 0 Å². The average molecular weight is 331 g/mol. The van der Waals surface area contributed by atoms with Crippen molar-refractivity contribution in [1.29, 1.82) is 0 Å². The lowest BCUT2D eigenvalue weighted by atomic mass is 10.2. The van der Waals surface area contributed by atoms with Gasteiger partial charge in [0.05, 0.1) is 6.61 Å². The molecule has 0 radical (unpaired) electrons. The molecule has 1 aromatic carbocycles. The number of hydrogen-bond acceptors (Lipinski definition) is 2. The minimum Gasteiger partial charge on any atom is -0.494 e. The topological polar surface area (TPSA) is 9.23 Å². The van der Waals surface area contributed by atoms with Crippen molar-refractivity contribution in [1.82, 2.24) is 0 Å². The molecule has 102 valence electrons. The van der Waals surface area contributed by atoms with Crippen molar-refractivity contribution in [2.75, 3.05) is 12.4 Å². The summed E-state index contributed by atoms with van der Waals surface area (Å²) in [6.07, 6.45) is 5.09. The first kappa shape index (κ1) is 15.9. The van der Waals surface area contributed by atoms with Gasteiger partial charge in [0.15, 0.2) is 0 Å². The molecule has 0 N–H and O–H groups in total. The third-order valence-corrected chi connectivity index (χ3v) is 4.29. The summed E-state index contributed by atoms with van der Waals surface area (Å²) >= 11 is 5.47. The predicted molar refractivity (Wildman–Crippen MR) is 85.7 cm³/mol. The van der Waals surface area contributed by atoms with E-state index in [0.717, 1.165) is 28.5 Å². The van der Waals surface area contributed by atoms with Crippen LogP contribution in [0.5, 0.6) is 5.75 Å². The van der Waals surface area contributed by atoms with Crippen molar-refractivity contribution in [3.05, 3.63) is 28.7 Å². The molecule has 0 aliphatic rings. The maximum Gasteiger partial charge on any atom is 0.119 e. The van der Waals surface area contributed by atoms with Crippen molar-refractivity contribution in [3.8, 4) is 5.75 Å². The van der Waals surface area contributed by atoms with E-state index in [-0.39, 0.29) is 0 Å². The highest BCUT2D eigenvalue weighted by Gasteiger charge is 1.96. The van der Waals surface area contributed by atoms with Crippen LogP contribution in [0.2, 0.25) is 0 Å². The van der Waals surface area contributed by atoms with Crippen LogP contribution in [-0.4, -0.2) is 17.6 Å². The Bertz CT molecular complexity index is 311. The number of ether oxygens (including phenoxy) is 1. The molecule has 0 unspecified atom stereocenters. The van der Waals surface area contributed by atoms with Gasteiger partial charge in [-0.25, -0.2) is 0 Å². The van der Waals surface area contributed by atoms with E-state index >= 15 is 0 Å². The smallest absolute Gasteiger partial charge is 0.119 e. The molecule has 3 heteroatoms. The minimum absolute atomic E-state index is 0.769. The van der Waals surface area contributed by atoms with E-state index in [2.05, 4.69) is 41.5 Å². The number of unbranched alkanes of at least 4 members (excludes halogenated alkanes) is 3. The molecule has 1 aromatic rings. The highest BCUT2D eigenvalue weighted by Crippen LogP contribution is 2.17. The van der Waals surface area contributed by atoms with Crippen LogP contribution in [0.3, 0.4) is 0 Å². The number of halogens is 1. The SMILES string of the molecule is CC(C)SCCCCCCOc1ccc(Br)cc1. The third-order valence-electron chi connectivity index (χ3n) is 2.57. The molecule has 0 aliphatic heterocycles. The fourth-order valence-corrected chi connectivity index (χ4v) is 2.70. The molecule has 0 amide bonds. The zero-order chi connectivity index (χ0) is 13.2. The summed E-state index contributed by atoms with van der Waals surface area (Å²) in [7, 11) is 0. The van der Waals surface area contributed by atoms with E-state index in [4.69, 9.17) is 4.74 Å². The van der Waals surface area contributed by atoms with E-state index in [1.807, 2.05) is 24.3 Å². The first-order chi connectivity index (χ1) is 8.68. The molecular formula is C15H23BrOS. The molecule has 1 rings (SSSR count). The Morgan fingerprint density at radius 2 is 1.72 bits per heavy atom. The van der Waals surface area contributed by atoms with Crippen molar-refractivity contribution in [2.45, 2.75) is 44.8 Å². The molecule has 18 heavy (non-hydrogen) atoms. The van der Waals surface area contributed by atoms with Gasteiger partial charge in [0, 0.05) is 4.47 Å². The molecule has 0 bridgehead atoms. The number of thioether (sulfide) groups is 1. The molecule has 0 atom stereocenters. The number of hydrogen-bond donors (Lipinski definition) is 0. The van der Waals surface area contributed by atoms with Gasteiger partial charge in [-0.1, -0.05) is 42.6 Å². The molecule has 0 fully saturated rings. The summed E-state index contributed by atoms with van der Waals surface area (Å²) < 4.78 is 6.77. The first-order valence-corrected chi connectivity index (χ1v) is 8.52. The van der Waals surface area contributed by atoms with Crippen molar-refractivity contribution >= 4 is 27.7 Å². The summed E-state index contributed by atoms with van der Waals surface area (Å²) in [6.45, 7) is 5.35. The summed E-state index contributed by atoms with van der Waals surface area (Å²) in [6, 6.07) is 8.03. The van der Waals surface area contributed by atoms with Crippen LogP contribution >= 0.6 is 27.7 Å². The lowest BCUT2D eigenvalue weighted by Gasteiger charge is -2.06. The van der Waals surface area contributed by atoms with Crippen LogP contribution < -0.4 is 4.74 Å². The highest BCUT2D eigenvalue weighted by atomic mass is 79.9. The average Bonchev–Trinajstić information content (AvgIpc) is 2.34. The second-order valence-corrected chi connectivity index (χ2v) is 7.24. The van der Waals surface area contributed by atoms with Crippen LogP contribution in [0.4, 0.5) is 0 Å². The van der Waals surface area contributed by atoms with Crippen molar-refractivity contribution < 1.29 is 4.74 Å². The molecule has 0 aliphatic carbocycles. The van der Waals surface area contributed by atoms with E-state index in [1.54, 1.807) is 0 Å². The molecule has 0 saturated carbocycles. The Labute approximate surface area is 124 Å². The first-order valence-electron chi connectivity index (χ1n) is 6.68. The quantitative estimate of drug-likeness (QED) is 0.550. The van der Waals surface area contributed by atoms with Gasteiger partial charge in [0.2, 0.25) is 0 Å². The van der Waals surface area contributed by atoms with Gasteiger partial charge in [-0.3, -0.25) is 0 Å². The lowest BCUT2D eigenvalue weighted by Crippen LogP contribution is -1.97. The maximum absolute atomic E-state index is 5.68. The summed E-state index contributed by atoms with van der Waals surface area (Å²) in [5, 5.41) is 0.769. The third kappa shape index (κ3) is 8.04. The predicted octanol–water partition coefficient (Wildman–Crippen LogP) is 5.53. The Kier molecular flexibility index (Phi) is 8.60. The summed E-state index contributed by atoms with van der Waals surface area (Å²) in [5.74, 6) is 2.26. The van der Waals surface area contributed by atoms with Crippen LogP contribution in [0.15, 0.2) is 28.7 Å². The van der Waals surface area contributed by atoms with Gasteiger partial charge < -0.3 is 4.74 Å². The molecule has 0 heterocycles. The standard InChI is InChI=1S/C15H23BrOS/c1-13(2)18-12-6-4-3-5-11-17-15-9-7-14(16)8-10-15/h7-10,13H,3-6,11-12H2,1-2H3. The van der Waals surface area contributed by atoms with Crippen LogP contribution in [0, 0.1) is 0 Å². The van der Waals surface area contributed by atoms with Crippen LogP contribution in [0.25, 0.3) is 0 Å². The molecule has 1 nitrogen and oxygen atoms in total. The summed E-state index contributed by atoms with van der Waals surface area (Å²) in [5.41, 5.74) is 0. The fraction of sp³-hybridized carbons (Fsp3) is 0.600. The van der Waals surface area contributed by atoms with Gasteiger partial charge in [0.1, 0.15) is 5.75 Å². The maximum atomic E-state index is 5.68. The van der Waals surface area contributed by atoms with Gasteiger partial charge in [0.25, 0.3) is 0 Å². The van der Waals surface area contributed by atoms with Gasteiger partial charge in [-0.05, 0) is 48.1 Å². The monoisotopic (exact) mass is 330 g/mol. The number of benzene rings is 1. The van der Waals surface area contributed by atoms with Crippen LogP contribution in [-0.2, 0) is 0 Å². The lowest BCUT2D eigenvalue weighted by molar-refractivity contribution is 0.305. The van der Waals surface area contributed by atoms with E-state index in [0.29, 0.717) is 0 Å². The Morgan fingerprint density at radius 3 is 2.39 bits per heavy atom. The van der Waals surface area contributed by atoms with Crippen LogP contribution in [0.1, 0.15) is 39.5 Å². The summed E-state index contributed by atoms with van der Waals surface area (Å²) in [4.78, 5) is 0. The molecular weight excluding hydrogens is 308 g/mol. The van der Waals surface area contributed by atoms with Gasteiger partial charge >= 0.3 is 0 Å². The van der Waals surface area contributed by atoms with Crippen molar-refractivity contribution in [2.24, 2.45) is 0 Å². The second-order valence-electron chi connectivity index (χ2n) is 4.64. The Morgan fingerprint density at radius 1 is 1.06 bits per heavy atom. The van der Waals surface area contributed by atoms with E-state index in [9.17, 15) is 0 Å². The highest BCUT2D eigenvalue weighted by molar-refractivity contribution is 9.10. The normalized spacial score (nSPS) is 10.9. The van der Waals surface area contributed by atoms with Gasteiger partial charge in [-0.2, -0.15) is 11.8 Å². The zero-order valence-electron chi connectivity index (χ0n) is 11.3. The zero-order valence-corrected chi connectivity index (χ0v) is 13.7. The fourth-order valence-electron chi connectivity index (χ4n) is 1.60. The van der Waals surface area contributed by atoms with E-state index in [1.165, 1.54) is 25.0 Å². The molecule has 0 spiro atoms. The molecule has 0 aromatic heterocycles. The van der Waals surface area contributed by atoms with Crippen molar-refractivity contribution in [3.63, 3.8) is 0 Å². The largest absolute Gasteiger partial charge is 0.494 e. The Hall–Kier alpha value is -0.150. The Balaban J connectivity index is 1.94. The molecule has 0 saturated heterocycles.